The van der Waals surface area contributed by atoms with Crippen molar-refractivity contribution in [2.75, 3.05) is 0 Å². The maximum Gasteiger partial charge on any atom is 0.335 e. The van der Waals surface area contributed by atoms with E-state index in [-0.39, 0.29) is 11.1 Å². The summed E-state index contributed by atoms with van der Waals surface area (Å²) in [5, 5.41) is 17.3. The zero-order chi connectivity index (χ0) is 16.5. The number of hydrogen-bond donors (Lipinski definition) is 2. The molecule has 1 heterocycles. The lowest BCUT2D eigenvalue weighted by Crippen LogP contribution is -2.03. The molecule has 22 heavy (non-hydrogen) atoms. The third-order valence-electron chi connectivity index (χ3n) is 2.95. The van der Waals surface area contributed by atoms with Crippen molar-refractivity contribution >= 4 is 11.9 Å². The quantitative estimate of drug-likeness (QED) is 0.903. The molecule has 0 atom stereocenters. The van der Waals surface area contributed by atoms with Crippen LogP contribution in [-0.4, -0.2) is 27.1 Å². The van der Waals surface area contributed by atoms with Crippen molar-refractivity contribution in [1.29, 1.82) is 0 Å². The Kier molecular flexibility index (Phi) is 6.76. The van der Waals surface area contributed by atoms with Gasteiger partial charge in [-0.3, -0.25) is 4.98 Å². The molecule has 0 radical (unpaired) electrons. The van der Waals surface area contributed by atoms with Gasteiger partial charge >= 0.3 is 11.9 Å². The second-order valence-electron chi connectivity index (χ2n) is 4.71. The highest BCUT2D eigenvalue weighted by Crippen LogP contribution is 2.11. The van der Waals surface area contributed by atoms with Crippen LogP contribution in [-0.2, 0) is 6.42 Å². The van der Waals surface area contributed by atoms with Crippen LogP contribution < -0.4 is 0 Å². The number of carbonyl (C=O) groups is 2. The first-order valence-electron chi connectivity index (χ1n) is 6.92. The Hall–Kier alpha value is -2.69. The minimum atomic E-state index is -1.12. The van der Waals surface area contributed by atoms with Crippen LogP contribution >= 0.6 is 0 Å². The van der Waals surface area contributed by atoms with Gasteiger partial charge in [-0.2, -0.15) is 0 Å². The molecule has 0 unspecified atom stereocenters. The van der Waals surface area contributed by atoms with Crippen LogP contribution in [0, 0.1) is 6.92 Å². The Bertz CT molecular complexity index is 638. The first-order valence-corrected chi connectivity index (χ1v) is 6.92. The maximum atomic E-state index is 10.6. The fraction of sp³-hybridized carbons (Fsp3) is 0.235. The van der Waals surface area contributed by atoms with Gasteiger partial charge in [-0.25, -0.2) is 9.59 Å². The maximum absolute atomic E-state index is 10.6. The zero-order valence-corrected chi connectivity index (χ0v) is 12.6. The van der Waals surface area contributed by atoms with Gasteiger partial charge in [0.05, 0.1) is 11.1 Å². The number of nitrogens with zero attached hydrogens (tertiary/aromatic N) is 1. The Morgan fingerprint density at radius 1 is 1.09 bits per heavy atom. The highest BCUT2D eigenvalue weighted by atomic mass is 16.4. The lowest BCUT2D eigenvalue weighted by Gasteiger charge is -2.01. The second kappa shape index (κ2) is 8.56. The normalized spacial score (nSPS) is 9.55. The Labute approximate surface area is 129 Å². The molecule has 0 aliphatic carbocycles. The SMILES string of the molecule is CCCc1ccccn1.Cc1ccc(C(=O)O)cc1C(=O)O. The van der Waals surface area contributed by atoms with Gasteiger partial charge in [-0.05, 0) is 43.2 Å². The van der Waals surface area contributed by atoms with E-state index in [9.17, 15) is 9.59 Å². The topological polar surface area (TPSA) is 87.5 Å². The number of carboxylic acids is 2. The third-order valence-corrected chi connectivity index (χ3v) is 2.95. The van der Waals surface area contributed by atoms with Crippen LogP contribution in [0.2, 0.25) is 0 Å². The standard InChI is InChI=1S/C9H8O4.C8H11N/c1-5-2-3-6(8(10)11)4-7(5)9(12)13;1-2-5-8-6-3-4-7-9-8/h2-4H,1H3,(H,10,11)(H,12,13);3-4,6-7H,2,5H2,1H3. The van der Waals surface area contributed by atoms with E-state index in [1.165, 1.54) is 24.2 Å². The van der Waals surface area contributed by atoms with Crippen molar-refractivity contribution < 1.29 is 19.8 Å². The summed E-state index contributed by atoms with van der Waals surface area (Å²) in [5.41, 5.74) is 1.76. The molecule has 0 aliphatic heterocycles. The molecule has 2 N–H and O–H groups in total. The highest BCUT2D eigenvalue weighted by molar-refractivity contribution is 5.94. The number of aromatic carboxylic acids is 2. The Morgan fingerprint density at radius 2 is 1.82 bits per heavy atom. The molecule has 116 valence electrons. The fourth-order valence-electron chi connectivity index (χ4n) is 1.79. The van der Waals surface area contributed by atoms with Gasteiger partial charge in [0.15, 0.2) is 0 Å². The lowest BCUT2D eigenvalue weighted by atomic mass is 10.1. The molecule has 0 spiro atoms. The first-order chi connectivity index (χ1) is 10.5. The van der Waals surface area contributed by atoms with Crippen LogP contribution in [0.1, 0.15) is 45.3 Å². The predicted molar refractivity (Wildman–Crippen MR) is 83.3 cm³/mol. The van der Waals surface area contributed by atoms with Gasteiger partial charge in [0, 0.05) is 11.9 Å². The average Bonchev–Trinajstić information content (AvgIpc) is 2.49. The minimum Gasteiger partial charge on any atom is -0.478 e. The van der Waals surface area contributed by atoms with Crippen LogP contribution in [0.3, 0.4) is 0 Å². The molecule has 1 aromatic carbocycles. The summed E-state index contributed by atoms with van der Waals surface area (Å²) in [5.74, 6) is -2.23. The predicted octanol–water partition coefficient (Wildman–Crippen LogP) is 3.43. The van der Waals surface area contributed by atoms with E-state index in [1.807, 2.05) is 18.3 Å². The molecule has 0 saturated heterocycles. The minimum absolute atomic E-state index is 0.0111. The van der Waals surface area contributed by atoms with Crippen LogP contribution in [0.5, 0.6) is 0 Å². The van der Waals surface area contributed by atoms with Crippen LogP contribution in [0.4, 0.5) is 0 Å². The smallest absolute Gasteiger partial charge is 0.335 e. The van der Waals surface area contributed by atoms with Gasteiger partial charge in [-0.1, -0.05) is 25.5 Å². The van der Waals surface area contributed by atoms with E-state index in [2.05, 4.69) is 18.0 Å². The zero-order valence-electron chi connectivity index (χ0n) is 12.6. The lowest BCUT2D eigenvalue weighted by molar-refractivity contribution is 0.0695. The van der Waals surface area contributed by atoms with Crippen molar-refractivity contribution in [3.8, 4) is 0 Å². The fourth-order valence-corrected chi connectivity index (χ4v) is 1.79. The summed E-state index contributed by atoms with van der Waals surface area (Å²) in [7, 11) is 0. The van der Waals surface area contributed by atoms with Gasteiger partial charge in [0.1, 0.15) is 0 Å². The second-order valence-corrected chi connectivity index (χ2v) is 4.71. The highest BCUT2D eigenvalue weighted by Gasteiger charge is 2.10. The van der Waals surface area contributed by atoms with Gasteiger partial charge < -0.3 is 10.2 Å². The van der Waals surface area contributed by atoms with Gasteiger partial charge in [-0.15, -0.1) is 0 Å². The molecule has 2 aromatic rings. The number of benzene rings is 1. The largest absolute Gasteiger partial charge is 0.478 e. The Balaban J connectivity index is 0.000000235. The van der Waals surface area contributed by atoms with Crippen molar-refractivity contribution in [3.63, 3.8) is 0 Å². The van der Waals surface area contributed by atoms with E-state index in [4.69, 9.17) is 10.2 Å². The molecule has 5 nitrogen and oxygen atoms in total. The summed E-state index contributed by atoms with van der Waals surface area (Å²) >= 11 is 0. The molecule has 0 fully saturated rings. The van der Waals surface area contributed by atoms with Crippen molar-refractivity contribution in [3.05, 3.63) is 65.0 Å². The number of carboxylic acid groups (broad SMARTS) is 2. The van der Waals surface area contributed by atoms with Crippen molar-refractivity contribution in [2.45, 2.75) is 26.7 Å². The number of aromatic nitrogens is 1. The number of rotatable bonds is 4. The molecule has 5 heteroatoms. The van der Waals surface area contributed by atoms with Crippen molar-refractivity contribution in [2.24, 2.45) is 0 Å². The molecule has 0 saturated carbocycles. The average molecular weight is 301 g/mol. The third kappa shape index (κ3) is 5.36. The molecule has 2 rings (SSSR count). The summed E-state index contributed by atoms with van der Waals surface area (Å²) in [4.78, 5) is 25.3. The molecular weight excluding hydrogens is 282 g/mol. The van der Waals surface area contributed by atoms with E-state index in [0.717, 1.165) is 12.5 Å². The summed E-state index contributed by atoms with van der Waals surface area (Å²) in [6.07, 6.45) is 4.11. The summed E-state index contributed by atoms with van der Waals surface area (Å²) < 4.78 is 0. The summed E-state index contributed by atoms with van der Waals surface area (Å²) in [6.45, 7) is 3.78. The first kappa shape index (κ1) is 17.4. The summed E-state index contributed by atoms with van der Waals surface area (Å²) in [6, 6.07) is 10.0. The van der Waals surface area contributed by atoms with Gasteiger partial charge in [0.2, 0.25) is 0 Å². The number of pyridine rings is 1. The number of hydrogen-bond acceptors (Lipinski definition) is 3. The van der Waals surface area contributed by atoms with Gasteiger partial charge in [0.25, 0.3) is 0 Å². The number of aryl methyl sites for hydroxylation is 2. The monoisotopic (exact) mass is 301 g/mol. The van der Waals surface area contributed by atoms with E-state index in [1.54, 1.807) is 6.92 Å². The molecular formula is C17H19NO4. The Morgan fingerprint density at radius 3 is 2.32 bits per heavy atom. The van der Waals surface area contributed by atoms with Crippen LogP contribution in [0.25, 0.3) is 0 Å². The molecule has 1 aromatic heterocycles. The molecule has 0 amide bonds. The van der Waals surface area contributed by atoms with Crippen LogP contribution in [0.15, 0.2) is 42.6 Å². The van der Waals surface area contributed by atoms with Crippen molar-refractivity contribution in [1.82, 2.24) is 4.98 Å². The van der Waals surface area contributed by atoms with E-state index < -0.39 is 11.9 Å². The van der Waals surface area contributed by atoms with E-state index in [0.29, 0.717) is 5.56 Å². The van der Waals surface area contributed by atoms with E-state index >= 15 is 0 Å². The molecule has 0 aliphatic rings. The molecule has 0 bridgehead atoms.